The fraction of sp³-hybridized carbons (Fsp3) is 0.263. The van der Waals surface area contributed by atoms with Crippen LogP contribution in [0.2, 0.25) is 0 Å². The summed E-state index contributed by atoms with van der Waals surface area (Å²) in [4.78, 5) is 19.0. The SMILES string of the molecule is Cc1cn2c(/C=C/C(=O)NCc3ccccc3S(=O)(=O)N(C)C)c(C)nc2s1. The monoisotopic (exact) mass is 418 g/mol. The van der Waals surface area contributed by atoms with Crippen LogP contribution >= 0.6 is 11.3 Å². The van der Waals surface area contributed by atoms with Crippen LogP contribution in [0.15, 0.2) is 41.4 Å². The number of hydrogen-bond donors (Lipinski definition) is 1. The lowest BCUT2D eigenvalue weighted by molar-refractivity contribution is -0.116. The lowest BCUT2D eigenvalue weighted by Gasteiger charge is -2.15. The maximum atomic E-state index is 12.4. The van der Waals surface area contributed by atoms with Crippen LogP contribution in [0, 0.1) is 13.8 Å². The second-order valence-electron chi connectivity index (χ2n) is 6.52. The molecule has 0 aliphatic carbocycles. The standard InChI is InChI=1S/C19H22N4O3S2/c1-13-12-23-16(14(2)21-19(23)27-13)9-10-18(24)20-11-15-7-5-6-8-17(15)28(25,26)22(3)4/h5-10,12H,11H2,1-4H3,(H,20,24)/b10-9+. The lowest BCUT2D eigenvalue weighted by Crippen LogP contribution is -2.26. The van der Waals surface area contributed by atoms with Gasteiger partial charge >= 0.3 is 0 Å². The van der Waals surface area contributed by atoms with Crippen molar-refractivity contribution in [2.75, 3.05) is 14.1 Å². The highest BCUT2D eigenvalue weighted by Crippen LogP contribution is 2.21. The summed E-state index contributed by atoms with van der Waals surface area (Å²) >= 11 is 1.59. The minimum absolute atomic E-state index is 0.116. The van der Waals surface area contributed by atoms with Crippen LogP contribution in [0.25, 0.3) is 11.0 Å². The molecule has 148 valence electrons. The maximum absolute atomic E-state index is 12.4. The number of hydrogen-bond acceptors (Lipinski definition) is 5. The fourth-order valence-electron chi connectivity index (χ4n) is 2.78. The third kappa shape index (κ3) is 4.01. The molecule has 0 aliphatic heterocycles. The van der Waals surface area contributed by atoms with Gasteiger partial charge in [-0.15, -0.1) is 11.3 Å². The first-order chi connectivity index (χ1) is 13.2. The number of rotatable bonds is 6. The molecule has 7 nitrogen and oxygen atoms in total. The topological polar surface area (TPSA) is 83.8 Å². The van der Waals surface area contributed by atoms with Crippen LogP contribution in [0.4, 0.5) is 0 Å². The number of nitrogens with one attached hydrogen (secondary N) is 1. The summed E-state index contributed by atoms with van der Waals surface area (Å²) in [7, 11) is -0.616. The van der Waals surface area contributed by atoms with Gasteiger partial charge in [-0.2, -0.15) is 0 Å². The summed E-state index contributed by atoms with van der Waals surface area (Å²) in [6.07, 6.45) is 5.14. The Hall–Kier alpha value is -2.49. The van der Waals surface area contributed by atoms with Crippen molar-refractivity contribution in [1.82, 2.24) is 19.0 Å². The molecule has 28 heavy (non-hydrogen) atoms. The number of amides is 1. The number of carbonyl (C=O) groups excluding carboxylic acids is 1. The maximum Gasteiger partial charge on any atom is 0.244 e. The molecular weight excluding hydrogens is 396 g/mol. The zero-order chi connectivity index (χ0) is 20.5. The molecule has 0 spiro atoms. The van der Waals surface area contributed by atoms with E-state index in [-0.39, 0.29) is 17.3 Å². The third-order valence-electron chi connectivity index (χ3n) is 4.24. The summed E-state index contributed by atoms with van der Waals surface area (Å²) in [5.41, 5.74) is 2.23. The highest BCUT2D eigenvalue weighted by atomic mass is 32.2. The lowest BCUT2D eigenvalue weighted by atomic mass is 10.2. The Kier molecular flexibility index (Phi) is 5.69. The molecule has 0 aliphatic rings. The van der Waals surface area contributed by atoms with Gasteiger partial charge in [0.05, 0.1) is 16.3 Å². The van der Waals surface area contributed by atoms with Crippen molar-refractivity contribution in [2.24, 2.45) is 0 Å². The van der Waals surface area contributed by atoms with Gasteiger partial charge in [-0.1, -0.05) is 18.2 Å². The molecule has 0 unspecified atom stereocenters. The van der Waals surface area contributed by atoms with Crippen molar-refractivity contribution < 1.29 is 13.2 Å². The second kappa shape index (κ2) is 7.86. The van der Waals surface area contributed by atoms with E-state index in [2.05, 4.69) is 10.3 Å². The number of fused-ring (bicyclic) bond motifs is 1. The van der Waals surface area contributed by atoms with Crippen LogP contribution in [0.5, 0.6) is 0 Å². The first-order valence-corrected chi connectivity index (χ1v) is 10.9. The van der Waals surface area contributed by atoms with Gasteiger partial charge in [0.15, 0.2) is 4.96 Å². The van der Waals surface area contributed by atoms with E-state index in [1.165, 1.54) is 26.2 Å². The molecule has 1 N–H and O–H groups in total. The van der Waals surface area contributed by atoms with E-state index < -0.39 is 10.0 Å². The van der Waals surface area contributed by atoms with E-state index >= 15 is 0 Å². The zero-order valence-electron chi connectivity index (χ0n) is 16.1. The molecular formula is C19H22N4O3S2. The molecule has 0 fully saturated rings. The number of imidazole rings is 1. The van der Waals surface area contributed by atoms with Gasteiger partial charge in [0.2, 0.25) is 15.9 Å². The smallest absolute Gasteiger partial charge is 0.244 e. The minimum atomic E-state index is -3.58. The van der Waals surface area contributed by atoms with E-state index in [1.807, 2.05) is 24.4 Å². The molecule has 9 heteroatoms. The number of sulfonamides is 1. The minimum Gasteiger partial charge on any atom is -0.348 e. The summed E-state index contributed by atoms with van der Waals surface area (Å²) in [5.74, 6) is -0.307. The quantitative estimate of drug-likeness (QED) is 0.624. The predicted molar refractivity (Wildman–Crippen MR) is 111 cm³/mol. The fourth-order valence-corrected chi connectivity index (χ4v) is 4.77. The average molecular weight is 419 g/mol. The number of nitrogens with zero attached hydrogens (tertiary/aromatic N) is 3. The van der Waals surface area contributed by atoms with E-state index in [0.717, 1.165) is 25.5 Å². The van der Waals surface area contributed by atoms with Gasteiger partial charge in [0, 0.05) is 37.8 Å². The van der Waals surface area contributed by atoms with Crippen LogP contribution in [-0.4, -0.2) is 42.1 Å². The van der Waals surface area contributed by atoms with Crippen LogP contribution < -0.4 is 5.32 Å². The normalized spacial score (nSPS) is 12.3. The van der Waals surface area contributed by atoms with Gasteiger partial charge in [-0.3, -0.25) is 9.20 Å². The van der Waals surface area contributed by atoms with E-state index in [0.29, 0.717) is 5.56 Å². The van der Waals surface area contributed by atoms with E-state index in [1.54, 1.807) is 35.6 Å². The van der Waals surface area contributed by atoms with Crippen molar-refractivity contribution in [3.63, 3.8) is 0 Å². The van der Waals surface area contributed by atoms with Crippen LogP contribution in [0.1, 0.15) is 21.8 Å². The van der Waals surface area contributed by atoms with Crippen LogP contribution in [0.3, 0.4) is 0 Å². The molecule has 0 atom stereocenters. The third-order valence-corrected chi connectivity index (χ3v) is 7.05. The van der Waals surface area contributed by atoms with Crippen molar-refractivity contribution in [1.29, 1.82) is 0 Å². The Morgan fingerprint density at radius 3 is 2.71 bits per heavy atom. The summed E-state index contributed by atoms with van der Waals surface area (Å²) in [5, 5.41) is 2.75. The van der Waals surface area contributed by atoms with E-state index in [4.69, 9.17) is 0 Å². The first-order valence-electron chi connectivity index (χ1n) is 8.61. The number of thiazole rings is 1. The highest BCUT2D eigenvalue weighted by Gasteiger charge is 2.20. The number of aryl methyl sites for hydroxylation is 2. The van der Waals surface area contributed by atoms with Gasteiger partial charge in [0.1, 0.15) is 0 Å². The van der Waals surface area contributed by atoms with Crippen LogP contribution in [-0.2, 0) is 21.4 Å². The van der Waals surface area contributed by atoms with Gasteiger partial charge < -0.3 is 5.32 Å². The average Bonchev–Trinajstić information content (AvgIpc) is 3.13. The summed E-state index contributed by atoms with van der Waals surface area (Å²) in [6.45, 7) is 4.02. The van der Waals surface area contributed by atoms with Crippen molar-refractivity contribution in [2.45, 2.75) is 25.3 Å². The molecule has 0 radical (unpaired) electrons. The summed E-state index contributed by atoms with van der Waals surface area (Å²) in [6, 6.07) is 6.65. The van der Waals surface area contributed by atoms with Gasteiger partial charge in [0.25, 0.3) is 0 Å². The molecule has 1 amide bonds. The number of carbonyl (C=O) groups is 1. The zero-order valence-corrected chi connectivity index (χ0v) is 17.8. The Balaban J connectivity index is 1.75. The Morgan fingerprint density at radius 1 is 1.29 bits per heavy atom. The largest absolute Gasteiger partial charge is 0.348 e. The Bertz CT molecular complexity index is 1160. The predicted octanol–water partition coefficient (Wildman–Crippen LogP) is 2.59. The molecule has 0 bridgehead atoms. The molecule has 3 aromatic rings. The highest BCUT2D eigenvalue weighted by molar-refractivity contribution is 7.89. The molecule has 3 rings (SSSR count). The molecule has 0 saturated heterocycles. The molecule has 2 heterocycles. The molecule has 2 aromatic heterocycles. The molecule has 1 aromatic carbocycles. The van der Waals surface area contributed by atoms with Gasteiger partial charge in [-0.05, 0) is 31.6 Å². The Morgan fingerprint density at radius 2 is 2.00 bits per heavy atom. The Labute approximate surface area is 168 Å². The number of aromatic nitrogens is 2. The van der Waals surface area contributed by atoms with Crippen molar-refractivity contribution in [3.8, 4) is 0 Å². The van der Waals surface area contributed by atoms with Crippen molar-refractivity contribution >= 4 is 38.3 Å². The second-order valence-corrected chi connectivity index (χ2v) is 9.86. The van der Waals surface area contributed by atoms with E-state index in [9.17, 15) is 13.2 Å². The molecule has 0 saturated carbocycles. The number of benzene rings is 1. The van der Waals surface area contributed by atoms with Crippen molar-refractivity contribution in [3.05, 3.63) is 58.4 Å². The van der Waals surface area contributed by atoms with Gasteiger partial charge in [-0.25, -0.2) is 17.7 Å². The summed E-state index contributed by atoms with van der Waals surface area (Å²) < 4.78 is 28.0. The first kappa shape index (κ1) is 20.2.